The molecule has 0 aromatic carbocycles. The number of rotatable bonds is 9. The van der Waals surface area contributed by atoms with Crippen LogP contribution in [0, 0.1) is 11.8 Å². The van der Waals surface area contributed by atoms with E-state index in [1.165, 1.54) is 25.7 Å². The standard InChI is InChI=1S/2C6H14.2C4H10O2.C3H6O.5C2H6O.5C2H6/c2*1-4-6(3)5-2;2*1-2-4(6)3-5;1-2-3-4;5*1-3-2;5*1-2/h2*6H,4-5H2,1-3H3;2*4-6H,2-3H2,1H3;3H,2H2,1H3;5*1-2H3;5*1-2H3. The average molecular weight is 791 g/mol. The van der Waals surface area contributed by atoms with Crippen LogP contribution in [0.3, 0.4) is 0 Å². The van der Waals surface area contributed by atoms with Gasteiger partial charge in [-0.25, -0.2) is 0 Å². The molecular formula is C43H114O10. The molecular weight excluding hydrogens is 676 g/mol. The van der Waals surface area contributed by atoms with Gasteiger partial charge in [-0.3, -0.25) is 0 Å². The summed E-state index contributed by atoms with van der Waals surface area (Å²) in [6.07, 6.45) is 7.09. The Hall–Kier alpha value is -0.690. The highest BCUT2D eigenvalue weighted by atomic mass is 16.5. The molecule has 0 saturated heterocycles. The first-order valence-corrected chi connectivity index (χ1v) is 20.2. The molecule has 0 saturated carbocycles. The summed E-state index contributed by atoms with van der Waals surface area (Å²) in [5, 5.41) is 33.0. The molecule has 0 aliphatic heterocycles. The van der Waals surface area contributed by atoms with Crippen molar-refractivity contribution in [1.29, 1.82) is 0 Å². The fraction of sp³-hybridized carbons (Fsp3) is 0.977. The molecule has 0 amide bonds. The smallest absolute Gasteiger partial charge is 0.119 e. The van der Waals surface area contributed by atoms with Gasteiger partial charge in [0.2, 0.25) is 0 Å². The summed E-state index contributed by atoms with van der Waals surface area (Å²) >= 11 is 0. The third-order valence-electron chi connectivity index (χ3n) is 4.32. The fourth-order valence-electron chi connectivity index (χ4n) is 0.836. The van der Waals surface area contributed by atoms with Gasteiger partial charge in [0.1, 0.15) is 6.29 Å². The Bertz CT molecular complexity index is 249. The normalized spacial score (nSPS) is 8.28. The second kappa shape index (κ2) is 188. The third kappa shape index (κ3) is 469. The zero-order valence-corrected chi connectivity index (χ0v) is 42.5. The van der Waals surface area contributed by atoms with Crippen molar-refractivity contribution in [3.63, 3.8) is 0 Å². The highest BCUT2D eigenvalue weighted by Gasteiger charge is 1.93. The van der Waals surface area contributed by atoms with Gasteiger partial charge in [0, 0.05) is 77.5 Å². The van der Waals surface area contributed by atoms with Crippen molar-refractivity contribution < 1.29 is 48.9 Å². The number of ether oxygens (including phenoxy) is 5. The fourth-order valence-corrected chi connectivity index (χ4v) is 0.836. The van der Waals surface area contributed by atoms with Gasteiger partial charge in [-0.2, -0.15) is 0 Å². The number of aliphatic hydroxyl groups excluding tert-OH is 4. The number of aliphatic hydroxyl groups is 4. The van der Waals surface area contributed by atoms with Gasteiger partial charge in [-0.15, -0.1) is 0 Å². The zero-order chi connectivity index (χ0) is 46.9. The number of carbonyl (C=O) groups excluding carboxylic acids is 1. The molecule has 0 bridgehead atoms. The molecule has 4 N–H and O–H groups in total. The first-order chi connectivity index (χ1) is 25.2. The Morgan fingerprint density at radius 3 is 0.509 bits per heavy atom. The molecule has 346 valence electrons. The molecule has 0 aliphatic carbocycles. The van der Waals surface area contributed by atoms with E-state index in [0.717, 1.165) is 18.1 Å². The number of carbonyl (C=O) groups is 1. The van der Waals surface area contributed by atoms with E-state index in [-0.39, 0.29) is 13.2 Å². The van der Waals surface area contributed by atoms with Gasteiger partial charge in [-0.1, -0.05) is 157 Å². The predicted molar refractivity (Wildman–Crippen MR) is 244 cm³/mol. The first kappa shape index (κ1) is 98.9. The van der Waals surface area contributed by atoms with E-state index in [0.29, 0.717) is 19.3 Å². The number of hydrogen-bond donors (Lipinski definition) is 4. The summed E-state index contributed by atoms with van der Waals surface area (Å²) in [7, 11) is 16.2. The van der Waals surface area contributed by atoms with Crippen molar-refractivity contribution in [2.24, 2.45) is 11.8 Å². The molecule has 0 rings (SSSR count). The zero-order valence-electron chi connectivity index (χ0n) is 42.5. The Morgan fingerprint density at radius 1 is 0.396 bits per heavy atom. The van der Waals surface area contributed by atoms with Gasteiger partial charge in [-0.05, 0) is 24.7 Å². The van der Waals surface area contributed by atoms with Crippen LogP contribution < -0.4 is 0 Å². The quantitative estimate of drug-likeness (QED) is 0.167. The summed E-state index contributed by atoms with van der Waals surface area (Å²) in [6.45, 7) is 38.7. The van der Waals surface area contributed by atoms with Gasteiger partial charge < -0.3 is 48.9 Å². The molecule has 0 heterocycles. The Morgan fingerprint density at radius 2 is 0.509 bits per heavy atom. The maximum absolute atomic E-state index is 9.17. The predicted octanol–water partition coefficient (Wildman–Crippen LogP) is 11.4. The van der Waals surface area contributed by atoms with E-state index < -0.39 is 12.2 Å². The number of hydrogen-bond acceptors (Lipinski definition) is 10. The SMILES string of the molecule is CC.CC.CC.CC.CC.CCC(C)CC.CCC(C)CC.CCC(O)CO.CCC(O)CO.CCC=O.COC.COC.COC.COC.COC. The summed E-state index contributed by atoms with van der Waals surface area (Å²) in [5.74, 6) is 1.87. The average Bonchev–Trinajstić information content (AvgIpc) is 3.22. The van der Waals surface area contributed by atoms with Crippen molar-refractivity contribution in [3.05, 3.63) is 0 Å². The van der Waals surface area contributed by atoms with Crippen LogP contribution in [-0.4, -0.2) is 123 Å². The van der Waals surface area contributed by atoms with Crippen LogP contribution >= 0.6 is 0 Å². The molecule has 0 aromatic heterocycles. The van der Waals surface area contributed by atoms with Crippen LogP contribution in [0.4, 0.5) is 0 Å². The highest BCUT2D eigenvalue weighted by molar-refractivity contribution is 5.48. The van der Waals surface area contributed by atoms with Gasteiger partial charge >= 0.3 is 0 Å². The lowest BCUT2D eigenvalue weighted by molar-refractivity contribution is -0.107. The largest absolute Gasteiger partial charge is 0.394 e. The van der Waals surface area contributed by atoms with Crippen LogP contribution in [0.25, 0.3) is 0 Å². The summed E-state index contributed by atoms with van der Waals surface area (Å²) in [5.41, 5.74) is 0. The monoisotopic (exact) mass is 791 g/mol. The molecule has 2 unspecified atom stereocenters. The van der Waals surface area contributed by atoms with Crippen molar-refractivity contribution in [1.82, 2.24) is 0 Å². The molecule has 0 aromatic rings. The summed E-state index contributed by atoms with van der Waals surface area (Å²) in [6, 6.07) is 0. The Labute approximate surface area is 339 Å². The van der Waals surface area contributed by atoms with E-state index in [9.17, 15) is 4.79 Å². The van der Waals surface area contributed by atoms with Crippen LogP contribution in [0.5, 0.6) is 0 Å². The summed E-state index contributed by atoms with van der Waals surface area (Å²) < 4.78 is 21.2. The molecule has 0 spiro atoms. The summed E-state index contributed by atoms with van der Waals surface area (Å²) in [4.78, 5) is 9.17. The van der Waals surface area contributed by atoms with Crippen molar-refractivity contribution in [3.8, 4) is 0 Å². The third-order valence-corrected chi connectivity index (χ3v) is 4.32. The Balaban J connectivity index is -0.0000000229. The molecule has 0 aliphatic rings. The van der Waals surface area contributed by atoms with Crippen LogP contribution in [-0.2, 0) is 28.5 Å². The molecule has 0 fully saturated rings. The minimum absolute atomic E-state index is 0.115. The van der Waals surface area contributed by atoms with Crippen molar-refractivity contribution in [2.45, 2.75) is 189 Å². The first-order valence-electron chi connectivity index (χ1n) is 20.2. The minimum Gasteiger partial charge on any atom is -0.394 e. The van der Waals surface area contributed by atoms with Crippen molar-refractivity contribution >= 4 is 6.29 Å². The maximum atomic E-state index is 9.17. The van der Waals surface area contributed by atoms with E-state index in [4.69, 9.17) is 20.4 Å². The second-order valence-corrected chi connectivity index (χ2v) is 8.95. The molecule has 0 radical (unpaired) electrons. The van der Waals surface area contributed by atoms with E-state index in [1.807, 2.05) is 90.0 Å². The van der Waals surface area contributed by atoms with E-state index >= 15 is 0 Å². The van der Waals surface area contributed by atoms with Crippen LogP contribution in [0.1, 0.15) is 176 Å². The van der Waals surface area contributed by atoms with Gasteiger partial charge in [0.25, 0.3) is 0 Å². The molecule has 10 nitrogen and oxygen atoms in total. The van der Waals surface area contributed by atoms with Gasteiger partial charge in [0.05, 0.1) is 25.4 Å². The molecule has 53 heavy (non-hydrogen) atoms. The van der Waals surface area contributed by atoms with Gasteiger partial charge in [0.15, 0.2) is 0 Å². The van der Waals surface area contributed by atoms with Crippen LogP contribution in [0.2, 0.25) is 0 Å². The number of aldehydes is 1. The second-order valence-electron chi connectivity index (χ2n) is 8.95. The lowest BCUT2D eigenvalue weighted by atomic mass is 10.1. The number of methoxy groups -OCH3 is 5. The molecule has 2 atom stereocenters. The molecule has 10 heteroatoms. The van der Waals surface area contributed by atoms with E-state index in [2.05, 4.69) is 65.2 Å². The van der Waals surface area contributed by atoms with Crippen LogP contribution in [0.15, 0.2) is 0 Å². The lowest BCUT2D eigenvalue weighted by Gasteiger charge is -1.98. The van der Waals surface area contributed by atoms with Crippen molar-refractivity contribution in [2.75, 3.05) is 84.3 Å². The topological polar surface area (TPSA) is 144 Å². The minimum atomic E-state index is -0.509. The lowest BCUT2D eigenvalue weighted by Crippen LogP contribution is -2.08. The Kier molecular flexibility index (Phi) is 350. The highest BCUT2D eigenvalue weighted by Crippen LogP contribution is 2.03. The maximum Gasteiger partial charge on any atom is 0.119 e. The van der Waals surface area contributed by atoms with E-state index in [1.54, 1.807) is 71.1 Å².